The SMILES string of the molecule is CCOC(=O)C(=O)Nc1sc2c(c1C(=O)OCC)CCNC2. The van der Waals surface area contributed by atoms with E-state index in [4.69, 9.17) is 4.74 Å². The van der Waals surface area contributed by atoms with Crippen molar-refractivity contribution in [2.75, 3.05) is 25.1 Å². The van der Waals surface area contributed by atoms with Crippen LogP contribution in [0.2, 0.25) is 0 Å². The molecule has 0 aromatic carbocycles. The van der Waals surface area contributed by atoms with E-state index in [2.05, 4.69) is 15.4 Å². The second-order valence-electron chi connectivity index (χ2n) is 4.53. The molecule has 2 rings (SSSR count). The number of nitrogens with one attached hydrogen (secondary N) is 2. The molecule has 0 bridgehead atoms. The number of ether oxygens (including phenoxy) is 2. The number of rotatable bonds is 4. The molecule has 0 atom stereocenters. The normalized spacial score (nSPS) is 13.2. The number of carbonyl (C=O) groups excluding carboxylic acids is 3. The van der Waals surface area contributed by atoms with Gasteiger partial charge in [0.2, 0.25) is 0 Å². The molecule has 7 nitrogen and oxygen atoms in total. The van der Waals surface area contributed by atoms with Crippen LogP contribution in [0.3, 0.4) is 0 Å². The summed E-state index contributed by atoms with van der Waals surface area (Å²) in [6, 6.07) is 0. The molecule has 1 aliphatic heterocycles. The number of esters is 2. The third-order valence-corrected chi connectivity index (χ3v) is 4.24. The summed E-state index contributed by atoms with van der Waals surface area (Å²) < 4.78 is 9.71. The number of amides is 1. The summed E-state index contributed by atoms with van der Waals surface area (Å²) in [5.74, 6) is -2.35. The maximum atomic E-state index is 12.2. The highest BCUT2D eigenvalue weighted by Crippen LogP contribution is 2.35. The summed E-state index contributed by atoms with van der Waals surface area (Å²) in [5, 5.41) is 6.01. The Bertz CT molecular complexity index is 596. The monoisotopic (exact) mass is 326 g/mol. The Morgan fingerprint density at radius 2 is 1.95 bits per heavy atom. The second-order valence-corrected chi connectivity index (χ2v) is 5.63. The first kappa shape index (κ1) is 16.4. The van der Waals surface area contributed by atoms with Gasteiger partial charge in [-0.3, -0.25) is 4.79 Å². The largest absolute Gasteiger partial charge is 0.462 e. The Morgan fingerprint density at radius 3 is 2.64 bits per heavy atom. The van der Waals surface area contributed by atoms with Crippen molar-refractivity contribution in [3.8, 4) is 0 Å². The van der Waals surface area contributed by atoms with Gasteiger partial charge in [0.15, 0.2) is 0 Å². The van der Waals surface area contributed by atoms with Gasteiger partial charge in [0.1, 0.15) is 5.00 Å². The summed E-state index contributed by atoms with van der Waals surface area (Å²) in [4.78, 5) is 36.4. The lowest BCUT2D eigenvalue weighted by Gasteiger charge is -2.13. The molecule has 1 aromatic rings. The lowest BCUT2D eigenvalue weighted by atomic mass is 10.0. The predicted molar refractivity (Wildman–Crippen MR) is 80.9 cm³/mol. The number of hydrogen-bond donors (Lipinski definition) is 2. The minimum absolute atomic E-state index is 0.113. The van der Waals surface area contributed by atoms with Crippen LogP contribution in [0.1, 0.15) is 34.6 Å². The van der Waals surface area contributed by atoms with Gasteiger partial charge in [-0.2, -0.15) is 0 Å². The Hall–Kier alpha value is -1.93. The maximum Gasteiger partial charge on any atom is 0.397 e. The molecule has 8 heteroatoms. The first-order valence-electron chi connectivity index (χ1n) is 7.08. The number of fused-ring (bicyclic) bond motifs is 1. The Morgan fingerprint density at radius 1 is 1.23 bits per heavy atom. The van der Waals surface area contributed by atoms with Crippen molar-refractivity contribution in [3.63, 3.8) is 0 Å². The van der Waals surface area contributed by atoms with E-state index in [1.54, 1.807) is 13.8 Å². The zero-order chi connectivity index (χ0) is 16.1. The van der Waals surface area contributed by atoms with Crippen LogP contribution < -0.4 is 10.6 Å². The van der Waals surface area contributed by atoms with Gasteiger partial charge in [-0.25, -0.2) is 9.59 Å². The first-order chi connectivity index (χ1) is 10.6. The van der Waals surface area contributed by atoms with E-state index >= 15 is 0 Å². The molecule has 0 fully saturated rings. The van der Waals surface area contributed by atoms with E-state index in [-0.39, 0.29) is 13.2 Å². The Labute approximate surface area is 132 Å². The molecule has 0 aliphatic carbocycles. The average molecular weight is 326 g/mol. The van der Waals surface area contributed by atoms with Crippen molar-refractivity contribution in [3.05, 3.63) is 16.0 Å². The van der Waals surface area contributed by atoms with Crippen molar-refractivity contribution >= 4 is 34.2 Å². The Balaban J connectivity index is 2.29. The smallest absolute Gasteiger partial charge is 0.397 e. The third-order valence-electron chi connectivity index (χ3n) is 3.10. The van der Waals surface area contributed by atoms with Gasteiger partial charge in [-0.05, 0) is 32.4 Å². The van der Waals surface area contributed by atoms with Crippen molar-refractivity contribution in [1.82, 2.24) is 5.32 Å². The minimum atomic E-state index is -0.971. The molecule has 2 heterocycles. The summed E-state index contributed by atoms with van der Waals surface area (Å²) in [5.41, 5.74) is 1.22. The highest BCUT2D eigenvalue weighted by molar-refractivity contribution is 7.17. The Kier molecular flexibility index (Phi) is 5.51. The number of hydrogen-bond acceptors (Lipinski definition) is 7. The average Bonchev–Trinajstić information content (AvgIpc) is 2.85. The summed E-state index contributed by atoms with van der Waals surface area (Å²) in [7, 11) is 0. The highest BCUT2D eigenvalue weighted by Gasteiger charge is 2.28. The maximum absolute atomic E-state index is 12.2. The fourth-order valence-corrected chi connectivity index (χ4v) is 3.39. The molecule has 0 spiro atoms. The van der Waals surface area contributed by atoms with Gasteiger partial charge in [0, 0.05) is 11.4 Å². The summed E-state index contributed by atoms with van der Waals surface area (Å²) in [6.45, 7) is 5.07. The van der Waals surface area contributed by atoms with E-state index in [9.17, 15) is 14.4 Å². The minimum Gasteiger partial charge on any atom is -0.462 e. The van der Waals surface area contributed by atoms with Crippen molar-refractivity contribution in [2.24, 2.45) is 0 Å². The molecule has 0 saturated carbocycles. The van der Waals surface area contributed by atoms with Crippen molar-refractivity contribution in [2.45, 2.75) is 26.8 Å². The molecule has 0 unspecified atom stereocenters. The van der Waals surface area contributed by atoms with Crippen LogP contribution >= 0.6 is 11.3 Å². The molecule has 1 amide bonds. The third kappa shape index (κ3) is 3.45. The van der Waals surface area contributed by atoms with E-state index < -0.39 is 17.8 Å². The van der Waals surface area contributed by atoms with Gasteiger partial charge in [0.25, 0.3) is 0 Å². The van der Waals surface area contributed by atoms with Crippen molar-refractivity contribution < 1.29 is 23.9 Å². The highest BCUT2D eigenvalue weighted by atomic mass is 32.1. The van der Waals surface area contributed by atoms with Crippen LogP contribution in [-0.4, -0.2) is 37.6 Å². The lowest BCUT2D eigenvalue weighted by molar-refractivity contribution is -0.152. The van der Waals surface area contributed by atoms with E-state index in [1.807, 2.05) is 0 Å². The van der Waals surface area contributed by atoms with Gasteiger partial charge in [0.05, 0.1) is 18.8 Å². The molecule has 0 radical (unpaired) electrons. The lowest BCUT2D eigenvalue weighted by Crippen LogP contribution is -2.26. The molecule has 1 aromatic heterocycles. The fourth-order valence-electron chi connectivity index (χ4n) is 2.19. The zero-order valence-electron chi connectivity index (χ0n) is 12.5. The molecule has 0 saturated heterocycles. The van der Waals surface area contributed by atoms with E-state index in [0.717, 1.165) is 17.0 Å². The standard InChI is InChI=1S/C14H18N2O5S/c1-3-20-13(18)10-8-5-6-15-7-9(8)22-12(10)16-11(17)14(19)21-4-2/h15H,3-7H2,1-2H3,(H,16,17). The molecule has 2 N–H and O–H groups in total. The van der Waals surface area contributed by atoms with Gasteiger partial charge in [-0.15, -0.1) is 11.3 Å². The fraction of sp³-hybridized carbons (Fsp3) is 0.500. The molecule has 1 aliphatic rings. The summed E-state index contributed by atoms with van der Waals surface area (Å²) >= 11 is 1.28. The van der Waals surface area contributed by atoms with Crippen LogP contribution in [0, 0.1) is 0 Å². The van der Waals surface area contributed by atoms with Crippen LogP contribution in [0.15, 0.2) is 0 Å². The predicted octanol–water partition coefficient (Wildman–Crippen LogP) is 1.07. The van der Waals surface area contributed by atoms with Gasteiger partial charge < -0.3 is 20.1 Å². The molecular formula is C14H18N2O5S. The van der Waals surface area contributed by atoms with Gasteiger partial charge >= 0.3 is 17.8 Å². The van der Waals surface area contributed by atoms with Crippen LogP contribution in [0.25, 0.3) is 0 Å². The zero-order valence-corrected chi connectivity index (χ0v) is 13.3. The van der Waals surface area contributed by atoms with E-state index in [0.29, 0.717) is 23.5 Å². The van der Waals surface area contributed by atoms with Crippen LogP contribution in [-0.2, 0) is 32.0 Å². The number of anilines is 1. The second kappa shape index (κ2) is 7.37. The topological polar surface area (TPSA) is 93.7 Å². The van der Waals surface area contributed by atoms with Crippen LogP contribution in [0.5, 0.6) is 0 Å². The molecule has 120 valence electrons. The summed E-state index contributed by atoms with van der Waals surface area (Å²) in [6.07, 6.45) is 0.676. The quantitative estimate of drug-likeness (QED) is 0.635. The van der Waals surface area contributed by atoms with Crippen LogP contribution in [0.4, 0.5) is 5.00 Å². The van der Waals surface area contributed by atoms with Crippen molar-refractivity contribution in [1.29, 1.82) is 0 Å². The van der Waals surface area contributed by atoms with Gasteiger partial charge in [-0.1, -0.05) is 0 Å². The number of carbonyl (C=O) groups is 3. The molecule has 22 heavy (non-hydrogen) atoms. The van der Waals surface area contributed by atoms with E-state index in [1.165, 1.54) is 11.3 Å². The first-order valence-corrected chi connectivity index (χ1v) is 7.90. The number of thiophene rings is 1. The molecular weight excluding hydrogens is 308 g/mol.